The highest BCUT2D eigenvalue weighted by Crippen LogP contribution is 2.24. The van der Waals surface area contributed by atoms with Crippen molar-refractivity contribution in [2.75, 3.05) is 0 Å². The van der Waals surface area contributed by atoms with E-state index in [1.807, 2.05) is 6.92 Å². The van der Waals surface area contributed by atoms with Crippen LogP contribution in [0.15, 0.2) is 15.8 Å². The van der Waals surface area contributed by atoms with Gasteiger partial charge in [0, 0.05) is 0 Å². The van der Waals surface area contributed by atoms with Crippen LogP contribution in [0.5, 0.6) is 0 Å². The molecule has 0 aliphatic carbocycles. The van der Waals surface area contributed by atoms with Gasteiger partial charge in [-0.05, 0) is 30.2 Å². The van der Waals surface area contributed by atoms with Gasteiger partial charge < -0.3 is 0 Å². The minimum Gasteiger partial charge on any atom is -0.254 e. The van der Waals surface area contributed by atoms with Crippen LogP contribution in [0, 0.1) is 6.92 Å². The zero-order valence-electron chi connectivity index (χ0n) is 6.18. The van der Waals surface area contributed by atoms with E-state index in [1.165, 1.54) is 29.6 Å². The average molecular weight is 199 g/mol. The Labute approximate surface area is 76.8 Å². The molecular formula is C5H5N5S2. The molecule has 2 aromatic heterocycles. The highest BCUT2D eigenvalue weighted by molar-refractivity contribution is 8.00. The summed E-state index contributed by atoms with van der Waals surface area (Å²) in [4.78, 5) is 8.12. The van der Waals surface area contributed by atoms with Gasteiger partial charge in [-0.3, -0.25) is 5.10 Å². The maximum absolute atomic E-state index is 4.17. The number of H-pyrrole nitrogens is 1. The van der Waals surface area contributed by atoms with Crippen LogP contribution in [0.4, 0.5) is 0 Å². The molecule has 2 heterocycles. The molecule has 0 saturated heterocycles. The largest absolute Gasteiger partial charge is 0.254 e. The second-order valence-electron chi connectivity index (χ2n) is 2.00. The monoisotopic (exact) mass is 199 g/mol. The number of hydrogen-bond acceptors (Lipinski definition) is 6. The summed E-state index contributed by atoms with van der Waals surface area (Å²) in [6.45, 7) is 1.86. The van der Waals surface area contributed by atoms with Gasteiger partial charge >= 0.3 is 0 Å². The molecule has 0 amide bonds. The van der Waals surface area contributed by atoms with Crippen LogP contribution in [0.2, 0.25) is 0 Å². The lowest BCUT2D eigenvalue weighted by Gasteiger charge is -1.85. The lowest BCUT2D eigenvalue weighted by molar-refractivity contribution is 0.970. The smallest absolute Gasteiger partial charge is 0.190 e. The van der Waals surface area contributed by atoms with E-state index >= 15 is 0 Å². The van der Waals surface area contributed by atoms with Crippen molar-refractivity contribution in [1.29, 1.82) is 0 Å². The zero-order chi connectivity index (χ0) is 8.39. The van der Waals surface area contributed by atoms with Crippen molar-refractivity contribution in [2.45, 2.75) is 16.4 Å². The summed E-state index contributed by atoms with van der Waals surface area (Å²) in [5.74, 6) is 0.794. The summed E-state index contributed by atoms with van der Waals surface area (Å²) in [7, 11) is 0. The molecule has 62 valence electrons. The Hall–Kier alpha value is -0.950. The molecule has 0 saturated carbocycles. The summed E-state index contributed by atoms with van der Waals surface area (Å²) >= 11 is 2.79. The molecule has 0 spiro atoms. The van der Waals surface area contributed by atoms with Gasteiger partial charge in [-0.2, -0.15) is 9.47 Å². The van der Waals surface area contributed by atoms with E-state index in [2.05, 4.69) is 24.5 Å². The third kappa shape index (κ3) is 1.62. The standard InChI is InChI=1S/C5H5N5S2/c1-3-8-5(12-10-3)11-4-6-2-7-9-4/h2H,1H3,(H,6,7,9). The summed E-state index contributed by atoms with van der Waals surface area (Å²) in [5.41, 5.74) is 0. The van der Waals surface area contributed by atoms with E-state index in [-0.39, 0.29) is 0 Å². The SMILES string of the molecule is Cc1nsc(Sc2ncn[nH]2)n1. The number of hydrogen-bond donors (Lipinski definition) is 1. The second kappa shape index (κ2) is 3.20. The third-order valence-electron chi connectivity index (χ3n) is 1.09. The highest BCUT2D eigenvalue weighted by Gasteiger charge is 2.04. The normalized spacial score (nSPS) is 10.4. The van der Waals surface area contributed by atoms with E-state index in [9.17, 15) is 0 Å². The number of aryl methyl sites for hydroxylation is 1. The second-order valence-corrected chi connectivity index (χ2v) is 3.99. The fourth-order valence-electron chi connectivity index (χ4n) is 0.646. The molecule has 2 aromatic rings. The molecule has 0 unspecified atom stereocenters. The van der Waals surface area contributed by atoms with Crippen LogP contribution in [0.1, 0.15) is 5.82 Å². The van der Waals surface area contributed by atoms with Gasteiger partial charge in [0.25, 0.3) is 0 Å². The predicted octanol–water partition coefficient (Wildman–Crippen LogP) is 1.12. The maximum atomic E-state index is 4.17. The van der Waals surface area contributed by atoms with Crippen molar-refractivity contribution < 1.29 is 0 Å². The Kier molecular flexibility index (Phi) is 2.05. The van der Waals surface area contributed by atoms with Crippen LogP contribution in [-0.4, -0.2) is 24.5 Å². The first-order chi connectivity index (χ1) is 5.84. The minimum absolute atomic E-state index is 0.742. The molecule has 12 heavy (non-hydrogen) atoms. The van der Waals surface area contributed by atoms with Crippen molar-refractivity contribution in [3.05, 3.63) is 12.2 Å². The lowest BCUT2D eigenvalue weighted by atomic mass is 10.8. The Balaban J connectivity index is 2.14. The first-order valence-corrected chi connectivity index (χ1v) is 4.77. The fourth-order valence-corrected chi connectivity index (χ4v) is 2.11. The quantitative estimate of drug-likeness (QED) is 0.784. The zero-order valence-corrected chi connectivity index (χ0v) is 7.82. The summed E-state index contributed by atoms with van der Waals surface area (Å²) in [6.07, 6.45) is 1.47. The van der Waals surface area contributed by atoms with Gasteiger partial charge in [0.15, 0.2) is 9.50 Å². The molecule has 7 heteroatoms. The molecule has 0 bridgehead atoms. The summed E-state index contributed by atoms with van der Waals surface area (Å²) in [6, 6.07) is 0. The van der Waals surface area contributed by atoms with Gasteiger partial charge in [-0.15, -0.1) is 0 Å². The highest BCUT2D eigenvalue weighted by atomic mass is 32.2. The molecule has 5 nitrogen and oxygen atoms in total. The molecule has 0 aromatic carbocycles. The van der Waals surface area contributed by atoms with E-state index in [0.29, 0.717) is 0 Å². The molecule has 1 N–H and O–H groups in total. The molecule has 0 atom stereocenters. The number of aromatic nitrogens is 5. The minimum atomic E-state index is 0.742. The van der Waals surface area contributed by atoms with E-state index in [4.69, 9.17) is 0 Å². The topological polar surface area (TPSA) is 67.3 Å². The van der Waals surface area contributed by atoms with Crippen LogP contribution in [0.3, 0.4) is 0 Å². The van der Waals surface area contributed by atoms with Crippen molar-refractivity contribution in [3.63, 3.8) is 0 Å². The average Bonchev–Trinajstić information content (AvgIpc) is 2.63. The van der Waals surface area contributed by atoms with E-state index in [0.717, 1.165) is 15.3 Å². The number of nitrogens with zero attached hydrogens (tertiary/aromatic N) is 4. The first kappa shape index (κ1) is 7.69. The van der Waals surface area contributed by atoms with Crippen LogP contribution in [-0.2, 0) is 0 Å². The Morgan fingerprint density at radius 3 is 3.08 bits per heavy atom. The van der Waals surface area contributed by atoms with E-state index in [1.54, 1.807) is 0 Å². The maximum Gasteiger partial charge on any atom is 0.190 e. The Morgan fingerprint density at radius 1 is 1.58 bits per heavy atom. The first-order valence-electron chi connectivity index (χ1n) is 3.18. The molecule has 0 aliphatic rings. The Bertz CT molecular complexity index is 354. The number of aromatic amines is 1. The van der Waals surface area contributed by atoms with Gasteiger partial charge in [-0.1, -0.05) is 0 Å². The van der Waals surface area contributed by atoms with Crippen molar-refractivity contribution in [3.8, 4) is 0 Å². The molecule has 0 aliphatic heterocycles. The van der Waals surface area contributed by atoms with Gasteiger partial charge in [-0.25, -0.2) is 9.97 Å². The predicted molar refractivity (Wildman–Crippen MR) is 45.2 cm³/mol. The van der Waals surface area contributed by atoms with Crippen LogP contribution >= 0.6 is 23.3 Å². The fraction of sp³-hybridized carbons (Fsp3) is 0.200. The van der Waals surface area contributed by atoms with Crippen LogP contribution in [0.25, 0.3) is 0 Å². The third-order valence-corrected chi connectivity index (χ3v) is 2.82. The Morgan fingerprint density at radius 2 is 2.50 bits per heavy atom. The van der Waals surface area contributed by atoms with Crippen LogP contribution < -0.4 is 0 Å². The van der Waals surface area contributed by atoms with Crippen molar-refractivity contribution in [2.24, 2.45) is 0 Å². The molecule has 0 radical (unpaired) electrons. The lowest BCUT2D eigenvalue weighted by Crippen LogP contribution is -1.75. The van der Waals surface area contributed by atoms with Gasteiger partial charge in [0.05, 0.1) is 0 Å². The number of nitrogens with one attached hydrogen (secondary N) is 1. The molecular weight excluding hydrogens is 194 g/mol. The van der Waals surface area contributed by atoms with Gasteiger partial charge in [0.1, 0.15) is 12.2 Å². The van der Waals surface area contributed by atoms with Crippen molar-refractivity contribution >= 4 is 23.3 Å². The molecule has 0 fully saturated rings. The summed E-state index contributed by atoms with van der Waals surface area (Å²) < 4.78 is 4.92. The van der Waals surface area contributed by atoms with E-state index < -0.39 is 0 Å². The molecule has 2 rings (SSSR count). The van der Waals surface area contributed by atoms with Gasteiger partial charge in [0.2, 0.25) is 0 Å². The number of rotatable bonds is 2. The van der Waals surface area contributed by atoms with Crippen molar-refractivity contribution in [1.82, 2.24) is 24.5 Å². The summed E-state index contributed by atoms with van der Waals surface area (Å²) in [5, 5.41) is 7.20.